The van der Waals surface area contributed by atoms with Gasteiger partial charge in [-0.3, -0.25) is 14.4 Å². The van der Waals surface area contributed by atoms with Crippen LogP contribution in [0.5, 0.6) is 0 Å². The lowest BCUT2D eigenvalue weighted by molar-refractivity contribution is -0.137. The normalized spacial score (nSPS) is 16.0. The molecule has 0 spiro atoms. The van der Waals surface area contributed by atoms with Crippen LogP contribution in [-0.4, -0.2) is 100 Å². The van der Waals surface area contributed by atoms with Gasteiger partial charge in [-0.2, -0.15) is 0 Å². The highest BCUT2D eigenvalue weighted by atomic mass is 35.5. The van der Waals surface area contributed by atoms with Gasteiger partial charge < -0.3 is 43.7 Å². The molecule has 1 aliphatic rings. The first-order valence-electron chi connectivity index (χ1n) is 18.2. The quantitative estimate of drug-likeness (QED) is 0.114. The average Bonchev–Trinajstić information content (AvgIpc) is 3.98. The van der Waals surface area contributed by atoms with Gasteiger partial charge in [-0.1, -0.05) is 18.5 Å². The Labute approximate surface area is 322 Å². The zero-order valence-electron chi connectivity index (χ0n) is 31.7. The van der Waals surface area contributed by atoms with E-state index in [0.29, 0.717) is 87.2 Å². The first-order chi connectivity index (χ1) is 26.5. The minimum atomic E-state index is -0.947. The summed E-state index contributed by atoms with van der Waals surface area (Å²) < 4.78 is 21.6. The number of carbonyl (C=O) groups excluding carboxylic acids is 3. The number of benzene rings is 2. The first-order valence-corrected chi connectivity index (χ1v) is 18.6. The highest BCUT2D eigenvalue weighted by Gasteiger charge is 2.38. The number of H-pyrrole nitrogens is 2. The fraction of sp³-hybridized carbons (Fsp3) is 0.436. The van der Waals surface area contributed by atoms with Gasteiger partial charge in [0.25, 0.3) is 0 Å². The van der Waals surface area contributed by atoms with Crippen molar-refractivity contribution in [3.8, 4) is 22.5 Å². The third-order valence-electron chi connectivity index (χ3n) is 10.1. The summed E-state index contributed by atoms with van der Waals surface area (Å²) in [4.78, 5) is 71.7. The van der Waals surface area contributed by atoms with Crippen LogP contribution in [0.3, 0.4) is 0 Å². The molecule has 16 heteroatoms. The van der Waals surface area contributed by atoms with Crippen LogP contribution in [0.1, 0.15) is 64.1 Å². The zero-order chi connectivity index (χ0) is 39.4. The molecule has 55 heavy (non-hydrogen) atoms. The molecule has 3 N–H and O–H groups in total. The number of nitrogens with one attached hydrogen (secondary N) is 3. The van der Waals surface area contributed by atoms with E-state index in [1.807, 2.05) is 19.9 Å². The first kappa shape index (κ1) is 39.4. The molecule has 6 rings (SSSR count). The van der Waals surface area contributed by atoms with Crippen molar-refractivity contribution in [3.63, 3.8) is 0 Å². The number of nitrogens with zero attached hydrogens (tertiary/aromatic N) is 4. The number of halogens is 1. The van der Waals surface area contributed by atoms with Gasteiger partial charge in [0.2, 0.25) is 17.2 Å². The van der Waals surface area contributed by atoms with E-state index in [-0.39, 0.29) is 35.8 Å². The summed E-state index contributed by atoms with van der Waals surface area (Å²) in [5.41, 5.74) is 3.07. The lowest BCUT2D eigenvalue weighted by atomic mass is 10.1. The van der Waals surface area contributed by atoms with Crippen LogP contribution in [0.15, 0.2) is 51.9 Å². The highest BCUT2D eigenvalue weighted by molar-refractivity contribution is 6.34. The van der Waals surface area contributed by atoms with Gasteiger partial charge >= 0.3 is 6.09 Å². The van der Waals surface area contributed by atoms with E-state index in [4.69, 9.17) is 30.2 Å². The van der Waals surface area contributed by atoms with Crippen LogP contribution >= 0.6 is 11.6 Å². The van der Waals surface area contributed by atoms with Crippen molar-refractivity contribution >= 4 is 51.4 Å². The van der Waals surface area contributed by atoms with Crippen LogP contribution in [-0.2, 0) is 30.3 Å². The minimum absolute atomic E-state index is 0.0208. The summed E-state index contributed by atoms with van der Waals surface area (Å²) >= 11 is 6.77. The highest BCUT2D eigenvalue weighted by Crippen LogP contribution is 2.35. The summed E-state index contributed by atoms with van der Waals surface area (Å²) in [6.07, 6.45) is 4.29. The van der Waals surface area contributed by atoms with Crippen molar-refractivity contribution in [1.82, 2.24) is 35.1 Å². The van der Waals surface area contributed by atoms with Gasteiger partial charge in [-0.15, -0.1) is 0 Å². The van der Waals surface area contributed by atoms with Crippen LogP contribution in [0, 0.1) is 0 Å². The number of aromatic nitrogens is 4. The SMILES string of the molecule is CCCN(Cc1ncc(-c2cc3oc4ccc(-c5cnc(C6CCCN6C(=O)C(NC(=O)OC)C(C)OC)[nH]5)cc4c(=O)c3cc2Cl)[nH]1)C(=O)CC(C)OC. The van der Waals surface area contributed by atoms with Crippen LogP contribution in [0.4, 0.5) is 4.79 Å². The second-order valence-electron chi connectivity index (χ2n) is 13.7. The Hall–Kier alpha value is -5.25. The number of likely N-dealkylation sites (tertiary alicyclic amines) is 1. The Morgan fingerprint density at radius 3 is 2.53 bits per heavy atom. The van der Waals surface area contributed by atoms with Gasteiger partial charge in [-0.25, -0.2) is 14.8 Å². The van der Waals surface area contributed by atoms with Crippen molar-refractivity contribution < 1.29 is 33.0 Å². The van der Waals surface area contributed by atoms with Gasteiger partial charge in [0.1, 0.15) is 28.9 Å². The maximum absolute atomic E-state index is 13.9. The number of methoxy groups -OCH3 is 3. The third kappa shape index (κ3) is 8.38. The van der Waals surface area contributed by atoms with Crippen LogP contribution in [0.2, 0.25) is 5.02 Å². The standard InChI is InChI=1S/C39H46ClN7O8/c1-7-12-46(34(48)14-21(2)52-4)20-33-41-19-29(43-33)24-17-32-26(16-27(24)40)36(49)25-15-23(10-11-31(25)55-32)28-18-42-37(44-28)30-9-8-13-47(30)38(50)35(22(3)53-5)45-39(51)54-6/h10-11,15-19,21-22,30,35H,7-9,12-14,20H2,1-6H3,(H,41,43)(H,42,44)(H,45,51). The van der Waals surface area contributed by atoms with E-state index in [1.165, 1.54) is 14.2 Å². The number of carbonyl (C=O) groups is 3. The van der Waals surface area contributed by atoms with E-state index in [2.05, 4.69) is 25.3 Å². The van der Waals surface area contributed by atoms with Crippen molar-refractivity contribution in [2.75, 3.05) is 34.4 Å². The number of ether oxygens (including phenoxy) is 3. The van der Waals surface area contributed by atoms with Crippen LogP contribution in [0.25, 0.3) is 44.5 Å². The Bertz CT molecular complexity index is 2250. The fourth-order valence-corrected chi connectivity index (χ4v) is 7.14. The Balaban J connectivity index is 1.24. The number of fused-ring (bicyclic) bond motifs is 2. The third-order valence-corrected chi connectivity index (χ3v) is 10.4. The molecule has 0 saturated carbocycles. The molecular formula is C39H46ClN7O8. The van der Waals surface area contributed by atoms with Gasteiger partial charge in [0.05, 0.1) is 77.9 Å². The maximum Gasteiger partial charge on any atom is 0.407 e. The maximum atomic E-state index is 13.9. The van der Waals surface area contributed by atoms with Crippen molar-refractivity contribution in [3.05, 3.63) is 69.6 Å². The number of aromatic amines is 2. The second kappa shape index (κ2) is 17.0. The predicted octanol–water partition coefficient (Wildman–Crippen LogP) is 5.97. The molecule has 4 atom stereocenters. The molecule has 4 unspecified atom stereocenters. The molecule has 0 radical (unpaired) electrons. The number of hydrogen-bond donors (Lipinski definition) is 3. The largest absolute Gasteiger partial charge is 0.456 e. The Kier molecular flexibility index (Phi) is 12.2. The molecule has 1 aliphatic heterocycles. The number of amides is 3. The van der Waals surface area contributed by atoms with Crippen LogP contribution < -0.4 is 10.7 Å². The molecule has 15 nitrogen and oxygen atoms in total. The molecule has 0 bridgehead atoms. The fourth-order valence-electron chi connectivity index (χ4n) is 6.88. The summed E-state index contributed by atoms with van der Waals surface area (Å²) in [7, 11) is 4.29. The van der Waals surface area contributed by atoms with Crippen molar-refractivity contribution in [2.24, 2.45) is 0 Å². The number of hydrogen-bond acceptors (Lipinski definition) is 10. The predicted molar refractivity (Wildman–Crippen MR) is 206 cm³/mol. The van der Waals surface area contributed by atoms with E-state index in [1.54, 1.807) is 60.5 Å². The molecule has 292 valence electrons. The smallest absolute Gasteiger partial charge is 0.407 e. The molecule has 3 aromatic heterocycles. The number of rotatable bonds is 14. The molecule has 1 saturated heterocycles. The second-order valence-corrected chi connectivity index (χ2v) is 14.1. The van der Waals surface area contributed by atoms with Gasteiger partial charge in [0, 0.05) is 38.4 Å². The van der Waals surface area contributed by atoms with E-state index >= 15 is 0 Å². The van der Waals surface area contributed by atoms with Crippen molar-refractivity contribution in [2.45, 2.75) is 77.3 Å². The molecule has 3 amide bonds. The van der Waals surface area contributed by atoms with Crippen molar-refractivity contribution in [1.29, 1.82) is 0 Å². The lowest BCUT2D eigenvalue weighted by Gasteiger charge is -2.30. The number of alkyl carbamates (subject to hydrolysis) is 1. The van der Waals surface area contributed by atoms with E-state index < -0.39 is 18.2 Å². The number of imidazole rings is 2. The minimum Gasteiger partial charge on any atom is -0.456 e. The van der Waals surface area contributed by atoms with E-state index in [0.717, 1.165) is 12.8 Å². The lowest BCUT2D eigenvalue weighted by Crippen LogP contribution is -2.54. The molecular weight excluding hydrogens is 730 g/mol. The molecule has 5 aromatic rings. The Morgan fingerprint density at radius 1 is 1.04 bits per heavy atom. The van der Waals surface area contributed by atoms with Gasteiger partial charge in [-0.05, 0) is 63.4 Å². The summed E-state index contributed by atoms with van der Waals surface area (Å²) in [5, 5.41) is 3.60. The molecule has 4 heterocycles. The zero-order valence-corrected chi connectivity index (χ0v) is 32.5. The van der Waals surface area contributed by atoms with E-state index in [9.17, 15) is 19.2 Å². The molecule has 1 fully saturated rings. The Morgan fingerprint density at radius 2 is 1.80 bits per heavy atom. The average molecular weight is 776 g/mol. The summed E-state index contributed by atoms with van der Waals surface area (Å²) in [6.45, 7) is 6.94. The summed E-state index contributed by atoms with van der Waals surface area (Å²) in [5.74, 6) is 0.858. The summed E-state index contributed by atoms with van der Waals surface area (Å²) in [6, 6.07) is 7.32. The van der Waals surface area contributed by atoms with Gasteiger partial charge in [0.15, 0.2) is 0 Å². The monoisotopic (exact) mass is 775 g/mol. The topological polar surface area (TPSA) is 185 Å². The molecule has 0 aliphatic carbocycles. The molecule has 2 aromatic carbocycles.